The number of ether oxygens (including phenoxy) is 1. The van der Waals surface area contributed by atoms with Crippen molar-refractivity contribution in [3.05, 3.63) is 58.6 Å². The minimum atomic E-state index is -3.56. The van der Waals surface area contributed by atoms with E-state index in [9.17, 15) is 13.2 Å². The number of halogens is 1. The fourth-order valence-corrected chi connectivity index (χ4v) is 3.73. The molecule has 8 heteroatoms. The fraction of sp³-hybridized carbons (Fsp3) is 0.350. The number of hydrogen-bond acceptors (Lipinski definition) is 4. The van der Waals surface area contributed by atoms with Crippen molar-refractivity contribution < 1.29 is 17.9 Å². The first-order chi connectivity index (χ1) is 13.2. The summed E-state index contributed by atoms with van der Waals surface area (Å²) in [6, 6.07) is 11.7. The van der Waals surface area contributed by atoms with Crippen molar-refractivity contribution in [2.45, 2.75) is 32.2 Å². The van der Waals surface area contributed by atoms with E-state index in [-0.39, 0.29) is 23.3 Å². The van der Waals surface area contributed by atoms with Gasteiger partial charge in [-0.3, -0.25) is 4.79 Å². The van der Waals surface area contributed by atoms with E-state index in [0.717, 1.165) is 5.56 Å². The van der Waals surface area contributed by atoms with Crippen LogP contribution in [0.15, 0.2) is 47.4 Å². The second-order valence-electron chi connectivity index (χ2n) is 6.86. The summed E-state index contributed by atoms with van der Waals surface area (Å²) in [4.78, 5) is 12.1. The van der Waals surface area contributed by atoms with Crippen LogP contribution in [0, 0.1) is 12.8 Å². The number of carbonyl (C=O) groups excluding carboxylic acids is 1. The molecule has 0 atom stereocenters. The maximum atomic E-state index is 12.3. The van der Waals surface area contributed by atoms with Crippen LogP contribution in [-0.2, 0) is 21.4 Å². The van der Waals surface area contributed by atoms with Crippen LogP contribution in [0.4, 0.5) is 0 Å². The van der Waals surface area contributed by atoms with Crippen LogP contribution < -0.4 is 14.8 Å². The molecule has 0 fully saturated rings. The molecule has 2 N–H and O–H groups in total. The lowest BCUT2D eigenvalue weighted by Gasteiger charge is -2.12. The zero-order valence-corrected chi connectivity index (χ0v) is 17.7. The van der Waals surface area contributed by atoms with Crippen molar-refractivity contribution >= 4 is 27.5 Å². The molecule has 0 saturated carbocycles. The van der Waals surface area contributed by atoms with Crippen molar-refractivity contribution in [2.75, 3.05) is 13.2 Å². The lowest BCUT2D eigenvalue weighted by atomic mass is 10.2. The maximum Gasteiger partial charge on any atom is 0.258 e. The largest absolute Gasteiger partial charge is 0.484 e. The SMILES string of the molecule is Cc1cc(S(=O)(=O)NCC(C)C)ccc1OCC(=O)NCc1ccc(Cl)cc1. The highest BCUT2D eigenvalue weighted by Gasteiger charge is 2.16. The number of hydrogen-bond donors (Lipinski definition) is 2. The van der Waals surface area contributed by atoms with Crippen LogP contribution in [0.5, 0.6) is 5.75 Å². The Morgan fingerprint density at radius 1 is 1.14 bits per heavy atom. The molecule has 0 aromatic heterocycles. The van der Waals surface area contributed by atoms with Gasteiger partial charge in [0.1, 0.15) is 5.75 Å². The molecule has 2 aromatic rings. The summed E-state index contributed by atoms with van der Waals surface area (Å²) >= 11 is 5.83. The van der Waals surface area contributed by atoms with Gasteiger partial charge >= 0.3 is 0 Å². The van der Waals surface area contributed by atoms with E-state index in [1.807, 2.05) is 26.0 Å². The van der Waals surface area contributed by atoms with Gasteiger partial charge in [-0.15, -0.1) is 0 Å². The molecule has 152 valence electrons. The molecule has 2 aromatic carbocycles. The summed E-state index contributed by atoms with van der Waals surface area (Å²) in [5.41, 5.74) is 1.57. The maximum absolute atomic E-state index is 12.3. The molecule has 0 saturated heterocycles. The van der Waals surface area contributed by atoms with E-state index < -0.39 is 10.0 Å². The Kier molecular flexibility index (Phi) is 7.86. The summed E-state index contributed by atoms with van der Waals surface area (Å²) in [7, 11) is -3.56. The number of aryl methyl sites for hydroxylation is 1. The van der Waals surface area contributed by atoms with Crippen molar-refractivity contribution in [3.63, 3.8) is 0 Å². The van der Waals surface area contributed by atoms with Crippen molar-refractivity contribution in [1.29, 1.82) is 0 Å². The highest BCUT2D eigenvalue weighted by Crippen LogP contribution is 2.22. The number of amides is 1. The third-order valence-corrected chi connectivity index (χ3v) is 5.57. The zero-order valence-electron chi connectivity index (χ0n) is 16.2. The minimum Gasteiger partial charge on any atom is -0.484 e. The molecule has 0 unspecified atom stereocenters. The molecule has 2 rings (SSSR count). The van der Waals surface area contributed by atoms with Crippen LogP contribution in [0.3, 0.4) is 0 Å². The molecule has 28 heavy (non-hydrogen) atoms. The Balaban J connectivity index is 1.90. The Morgan fingerprint density at radius 3 is 2.43 bits per heavy atom. The highest BCUT2D eigenvalue weighted by atomic mass is 35.5. The third kappa shape index (κ3) is 6.82. The molecule has 0 aliphatic heterocycles. The average Bonchev–Trinajstić information content (AvgIpc) is 2.65. The fourth-order valence-electron chi connectivity index (χ4n) is 2.31. The summed E-state index contributed by atoms with van der Waals surface area (Å²) in [5.74, 6) is 0.402. The molecular formula is C20H25ClN2O4S. The summed E-state index contributed by atoms with van der Waals surface area (Å²) in [5, 5.41) is 3.40. The molecule has 0 aliphatic rings. The summed E-state index contributed by atoms with van der Waals surface area (Å²) in [6.45, 7) is 6.18. The van der Waals surface area contributed by atoms with Crippen LogP contribution in [0.1, 0.15) is 25.0 Å². The monoisotopic (exact) mass is 424 g/mol. The van der Waals surface area contributed by atoms with Gasteiger partial charge in [-0.25, -0.2) is 13.1 Å². The topological polar surface area (TPSA) is 84.5 Å². The number of sulfonamides is 1. The van der Waals surface area contributed by atoms with Gasteiger partial charge in [-0.1, -0.05) is 37.6 Å². The molecule has 0 radical (unpaired) electrons. The molecular weight excluding hydrogens is 400 g/mol. The predicted molar refractivity (Wildman–Crippen MR) is 110 cm³/mol. The van der Waals surface area contributed by atoms with Crippen LogP contribution >= 0.6 is 11.6 Å². The molecule has 0 aliphatic carbocycles. The van der Waals surface area contributed by atoms with Crippen LogP contribution in [0.2, 0.25) is 5.02 Å². The Morgan fingerprint density at radius 2 is 1.82 bits per heavy atom. The Hall–Kier alpha value is -2.09. The first-order valence-electron chi connectivity index (χ1n) is 8.91. The van der Waals surface area contributed by atoms with Gasteiger partial charge in [0.25, 0.3) is 5.91 Å². The van der Waals surface area contributed by atoms with E-state index in [4.69, 9.17) is 16.3 Å². The van der Waals surface area contributed by atoms with Crippen molar-refractivity contribution in [1.82, 2.24) is 10.0 Å². The van der Waals surface area contributed by atoms with Gasteiger partial charge in [0, 0.05) is 18.1 Å². The van der Waals surface area contributed by atoms with Crippen molar-refractivity contribution in [2.24, 2.45) is 5.92 Å². The molecule has 0 heterocycles. The van der Waals surface area contributed by atoms with Gasteiger partial charge in [0.2, 0.25) is 10.0 Å². The quantitative estimate of drug-likeness (QED) is 0.647. The normalized spacial score (nSPS) is 11.5. The van der Waals surface area contributed by atoms with Crippen molar-refractivity contribution in [3.8, 4) is 5.75 Å². The number of benzene rings is 2. The lowest BCUT2D eigenvalue weighted by Crippen LogP contribution is -2.28. The molecule has 0 spiro atoms. The number of carbonyl (C=O) groups is 1. The van der Waals surface area contributed by atoms with E-state index >= 15 is 0 Å². The Labute approximate surface area is 171 Å². The lowest BCUT2D eigenvalue weighted by molar-refractivity contribution is -0.123. The first kappa shape index (κ1) is 22.2. The van der Waals surface area contributed by atoms with E-state index in [1.165, 1.54) is 12.1 Å². The first-order valence-corrected chi connectivity index (χ1v) is 10.8. The van der Waals surface area contributed by atoms with Gasteiger partial charge in [-0.2, -0.15) is 0 Å². The molecule has 1 amide bonds. The van der Waals surface area contributed by atoms with Gasteiger partial charge < -0.3 is 10.1 Å². The van der Waals surface area contributed by atoms with Crippen LogP contribution in [-0.4, -0.2) is 27.5 Å². The van der Waals surface area contributed by atoms with Gasteiger partial charge in [-0.05, 0) is 54.3 Å². The van der Waals surface area contributed by atoms with Gasteiger partial charge in [0.15, 0.2) is 6.61 Å². The highest BCUT2D eigenvalue weighted by molar-refractivity contribution is 7.89. The van der Waals surface area contributed by atoms with E-state index in [1.54, 1.807) is 25.1 Å². The molecule has 0 bridgehead atoms. The van der Waals surface area contributed by atoms with E-state index in [2.05, 4.69) is 10.0 Å². The summed E-state index contributed by atoms with van der Waals surface area (Å²) < 4.78 is 32.7. The van der Waals surface area contributed by atoms with Gasteiger partial charge in [0.05, 0.1) is 4.90 Å². The second kappa shape index (κ2) is 9.91. The molecule has 6 nitrogen and oxygen atoms in total. The third-order valence-electron chi connectivity index (χ3n) is 3.90. The predicted octanol–water partition coefficient (Wildman–Crippen LogP) is 3.28. The zero-order chi connectivity index (χ0) is 20.7. The second-order valence-corrected chi connectivity index (χ2v) is 9.07. The minimum absolute atomic E-state index is 0.161. The number of nitrogens with one attached hydrogen (secondary N) is 2. The van der Waals surface area contributed by atoms with Crippen LogP contribution in [0.25, 0.3) is 0 Å². The smallest absolute Gasteiger partial charge is 0.258 e. The average molecular weight is 425 g/mol. The summed E-state index contributed by atoms with van der Waals surface area (Å²) in [6.07, 6.45) is 0. The van der Waals surface area contributed by atoms with E-state index in [0.29, 0.717) is 29.4 Å². The standard InChI is InChI=1S/C20H25ClN2O4S/c1-14(2)11-23-28(25,26)18-8-9-19(15(3)10-18)27-13-20(24)22-12-16-4-6-17(21)7-5-16/h4-10,14,23H,11-13H2,1-3H3,(H,22,24). The Bertz CT molecular complexity index is 912. The number of rotatable bonds is 9.